The number of hydrogen-bond donors (Lipinski definition) is 0. The number of rotatable bonds is 3. The topological polar surface area (TPSA) is 47.5 Å². The maximum Gasteiger partial charge on any atom is 0.157 e. The number of piperidine rings is 1. The van der Waals surface area contributed by atoms with E-state index in [2.05, 4.69) is 14.9 Å². The molecule has 2 saturated heterocycles. The van der Waals surface area contributed by atoms with Crippen LogP contribution < -0.4 is 4.90 Å². The first-order valence-corrected chi connectivity index (χ1v) is 8.12. The van der Waals surface area contributed by atoms with Crippen LogP contribution in [0.25, 0.3) is 0 Å². The molecule has 3 rings (SSSR count). The van der Waals surface area contributed by atoms with Gasteiger partial charge >= 0.3 is 0 Å². The van der Waals surface area contributed by atoms with E-state index in [1.165, 1.54) is 6.42 Å². The molecule has 0 amide bonds. The second-order valence-electron chi connectivity index (χ2n) is 5.71. The van der Waals surface area contributed by atoms with Crippen LogP contribution in [0.4, 0.5) is 5.82 Å². The highest BCUT2D eigenvalue weighted by atomic mass is 35.5. The van der Waals surface area contributed by atoms with E-state index in [-0.39, 0.29) is 6.29 Å². The van der Waals surface area contributed by atoms with Gasteiger partial charge in [-0.1, -0.05) is 11.6 Å². The highest BCUT2D eigenvalue weighted by Crippen LogP contribution is 2.24. The summed E-state index contributed by atoms with van der Waals surface area (Å²) < 4.78 is 11.7. The molecule has 1 aromatic heterocycles. The maximum absolute atomic E-state index is 6.06. The highest BCUT2D eigenvalue weighted by molar-refractivity contribution is 6.29. The van der Waals surface area contributed by atoms with E-state index < -0.39 is 0 Å². The number of aryl methyl sites for hydroxylation is 1. The van der Waals surface area contributed by atoms with Gasteiger partial charge in [0.05, 0.1) is 6.10 Å². The van der Waals surface area contributed by atoms with E-state index in [4.69, 9.17) is 21.1 Å². The van der Waals surface area contributed by atoms with Gasteiger partial charge in [-0.05, 0) is 39.0 Å². The lowest BCUT2D eigenvalue weighted by molar-refractivity contribution is -0.191. The van der Waals surface area contributed by atoms with Crippen molar-refractivity contribution >= 4 is 17.4 Å². The molecule has 0 spiro atoms. The smallest absolute Gasteiger partial charge is 0.157 e. The Morgan fingerprint density at radius 2 is 2.05 bits per heavy atom. The normalized spacial score (nSPS) is 24.3. The summed E-state index contributed by atoms with van der Waals surface area (Å²) in [4.78, 5) is 10.8. The molecule has 0 aromatic carbocycles. The van der Waals surface area contributed by atoms with Crippen LogP contribution in [0, 0.1) is 6.92 Å². The Kier molecular flexibility index (Phi) is 4.93. The van der Waals surface area contributed by atoms with E-state index >= 15 is 0 Å². The molecule has 1 aromatic rings. The number of hydrogen-bond acceptors (Lipinski definition) is 5. The Morgan fingerprint density at radius 3 is 2.71 bits per heavy atom. The van der Waals surface area contributed by atoms with Crippen molar-refractivity contribution in [2.45, 2.75) is 51.4 Å². The number of ether oxygens (including phenoxy) is 2. The largest absolute Gasteiger partial charge is 0.356 e. The van der Waals surface area contributed by atoms with E-state index in [0.717, 1.165) is 51.2 Å². The van der Waals surface area contributed by atoms with Gasteiger partial charge < -0.3 is 14.4 Å². The van der Waals surface area contributed by atoms with Crippen LogP contribution in [0.3, 0.4) is 0 Å². The average molecular weight is 312 g/mol. The van der Waals surface area contributed by atoms with Gasteiger partial charge in [-0.3, -0.25) is 0 Å². The van der Waals surface area contributed by atoms with Gasteiger partial charge in [-0.15, -0.1) is 0 Å². The van der Waals surface area contributed by atoms with Crippen molar-refractivity contribution in [3.63, 3.8) is 0 Å². The molecule has 0 radical (unpaired) electrons. The quantitative estimate of drug-likeness (QED) is 0.803. The summed E-state index contributed by atoms with van der Waals surface area (Å²) in [5.41, 5.74) is 0. The monoisotopic (exact) mass is 311 g/mol. The Hall–Kier alpha value is -0.910. The number of aromatic nitrogens is 2. The zero-order valence-electron chi connectivity index (χ0n) is 12.4. The molecule has 116 valence electrons. The van der Waals surface area contributed by atoms with Crippen LogP contribution in [0.15, 0.2) is 6.07 Å². The molecule has 3 heterocycles. The Bertz CT molecular complexity index is 452. The Labute approximate surface area is 130 Å². The molecule has 2 aliphatic heterocycles. The Morgan fingerprint density at radius 1 is 1.24 bits per heavy atom. The molecule has 1 unspecified atom stereocenters. The summed E-state index contributed by atoms with van der Waals surface area (Å²) in [6, 6.07) is 1.83. The molecular formula is C15H22ClN3O2. The van der Waals surface area contributed by atoms with Crippen molar-refractivity contribution in [2.75, 3.05) is 24.6 Å². The predicted molar refractivity (Wildman–Crippen MR) is 81.7 cm³/mol. The van der Waals surface area contributed by atoms with Crippen LogP contribution in [-0.2, 0) is 9.47 Å². The van der Waals surface area contributed by atoms with E-state index in [9.17, 15) is 0 Å². The van der Waals surface area contributed by atoms with Gasteiger partial charge in [0.1, 0.15) is 16.8 Å². The lowest BCUT2D eigenvalue weighted by atomic mass is 10.1. The number of nitrogens with zero attached hydrogens (tertiary/aromatic N) is 3. The van der Waals surface area contributed by atoms with Crippen molar-refractivity contribution in [1.82, 2.24) is 9.97 Å². The summed E-state index contributed by atoms with van der Waals surface area (Å²) in [5, 5.41) is 0.506. The number of halogens is 1. The van der Waals surface area contributed by atoms with Crippen LogP contribution in [0.1, 0.15) is 37.9 Å². The second-order valence-corrected chi connectivity index (χ2v) is 6.10. The van der Waals surface area contributed by atoms with E-state index in [0.29, 0.717) is 17.1 Å². The van der Waals surface area contributed by atoms with Crippen LogP contribution in [0.2, 0.25) is 5.15 Å². The van der Waals surface area contributed by atoms with Crippen molar-refractivity contribution < 1.29 is 9.47 Å². The summed E-state index contributed by atoms with van der Waals surface area (Å²) in [7, 11) is 0. The third-order valence-corrected chi connectivity index (χ3v) is 4.23. The molecule has 21 heavy (non-hydrogen) atoms. The molecule has 2 fully saturated rings. The zero-order chi connectivity index (χ0) is 14.7. The van der Waals surface area contributed by atoms with Crippen molar-refractivity contribution in [3.8, 4) is 0 Å². The third kappa shape index (κ3) is 4.05. The maximum atomic E-state index is 6.06. The molecule has 1 atom stereocenters. The first-order chi connectivity index (χ1) is 10.2. The summed E-state index contributed by atoms with van der Waals surface area (Å²) in [6.45, 7) is 4.57. The summed E-state index contributed by atoms with van der Waals surface area (Å²) in [5.74, 6) is 1.63. The van der Waals surface area contributed by atoms with Crippen LogP contribution in [0.5, 0.6) is 0 Å². The van der Waals surface area contributed by atoms with Gasteiger partial charge in [0.15, 0.2) is 6.29 Å². The van der Waals surface area contributed by atoms with E-state index in [1.807, 2.05) is 13.0 Å². The van der Waals surface area contributed by atoms with Gasteiger partial charge in [0.25, 0.3) is 0 Å². The minimum Gasteiger partial charge on any atom is -0.356 e. The van der Waals surface area contributed by atoms with Gasteiger partial charge in [0.2, 0.25) is 0 Å². The summed E-state index contributed by atoms with van der Waals surface area (Å²) >= 11 is 6.01. The molecule has 5 nitrogen and oxygen atoms in total. The number of anilines is 1. The standard InChI is InChI=1S/C15H22ClN3O2/c1-11-17-13(16)10-14(18-11)19-7-5-12(6-8-19)21-15-4-2-3-9-20-15/h10,12,15H,2-9H2,1H3. The van der Waals surface area contributed by atoms with Crippen LogP contribution in [-0.4, -0.2) is 42.1 Å². The molecule has 0 saturated carbocycles. The van der Waals surface area contributed by atoms with Gasteiger partial charge in [-0.2, -0.15) is 0 Å². The van der Waals surface area contributed by atoms with Crippen molar-refractivity contribution in [1.29, 1.82) is 0 Å². The van der Waals surface area contributed by atoms with Crippen molar-refractivity contribution in [2.24, 2.45) is 0 Å². The fourth-order valence-electron chi connectivity index (χ4n) is 2.93. The lowest BCUT2D eigenvalue weighted by Crippen LogP contribution is -2.40. The van der Waals surface area contributed by atoms with Crippen molar-refractivity contribution in [3.05, 3.63) is 17.0 Å². The fraction of sp³-hybridized carbons (Fsp3) is 0.733. The molecular weight excluding hydrogens is 290 g/mol. The van der Waals surface area contributed by atoms with Gasteiger partial charge in [-0.25, -0.2) is 9.97 Å². The average Bonchev–Trinajstić information content (AvgIpc) is 2.48. The molecule has 0 N–H and O–H groups in total. The molecule has 0 aliphatic carbocycles. The zero-order valence-corrected chi connectivity index (χ0v) is 13.2. The van der Waals surface area contributed by atoms with Gasteiger partial charge in [0, 0.05) is 25.8 Å². The molecule has 2 aliphatic rings. The lowest BCUT2D eigenvalue weighted by Gasteiger charge is -2.35. The first-order valence-electron chi connectivity index (χ1n) is 7.74. The fourth-order valence-corrected chi connectivity index (χ4v) is 3.15. The molecule has 0 bridgehead atoms. The minimum absolute atomic E-state index is 0.00559. The summed E-state index contributed by atoms with van der Waals surface area (Å²) in [6.07, 6.45) is 5.70. The SMILES string of the molecule is Cc1nc(Cl)cc(N2CCC(OC3CCCCO3)CC2)n1. The molecule has 6 heteroatoms. The Balaban J connectivity index is 1.52. The predicted octanol–water partition coefficient (Wildman–Crippen LogP) is 2.95. The third-order valence-electron chi connectivity index (χ3n) is 4.04. The van der Waals surface area contributed by atoms with Crippen LogP contribution >= 0.6 is 11.6 Å². The first kappa shape index (κ1) is 15.0. The van der Waals surface area contributed by atoms with E-state index in [1.54, 1.807) is 0 Å². The second kappa shape index (κ2) is 6.90. The highest BCUT2D eigenvalue weighted by Gasteiger charge is 2.25. The minimum atomic E-state index is 0.00559.